The lowest BCUT2D eigenvalue weighted by molar-refractivity contribution is -0.137. The first-order chi connectivity index (χ1) is 12.6. The Morgan fingerprint density at radius 3 is 2.30 bits per heavy atom. The summed E-state index contributed by atoms with van der Waals surface area (Å²) in [7, 11) is -1.65. The predicted molar refractivity (Wildman–Crippen MR) is 101 cm³/mol. The second kappa shape index (κ2) is 10.5. The molecule has 154 valence electrons. The minimum absolute atomic E-state index is 0.0636. The number of sulfonamides is 1. The molecule has 0 amide bonds. The Morgan fingerprint density at radius 2 is 1.78 bits per heavy atom. The number of hydrogen-bond donors (Lipinski definition) is 2. The Bertz CT molecular complexity index is 704. The average Bonchev–Trinajstić information content (AvgIpc) is 2.62. The molecule has 0 radical (unpaired) electrons. The third-order valence-corrected chi connectivity index (χ3v) is 5.69. The first kappa shape index (κ1) is 23.2. The van der Waals surface area contributed by atoms with Gasteiger partial charge in [-0.15, -0.1) is 0 Å². The highest BCUT2D eigenvalue weighted by Crippen LogP contribution is 2.29. The third kappa shape index (κ3) is 8.17. The van der Waals surface area contributed by atoms with Crippen LogP contribution in [0.3, 0.4) is 0 Å². The number of nitrogens with zero attached hydrogens (tertiary/aromatic N) is 2. The van der Waals surface area contributed by atoms with E-state index in [2.05, 4.69) is 15.6 Å². The van der Waals surface area contributed by atoms with Gasteiger partial charge in [0.1, 0.15) is 0 Å². The van der Waals surface area contributed by atoms with Crippen LogP contribution in [0.5, 0.6) is 0 Å². The second-order valence-electron chi connectivity index (χ2n) is 5.89. The third-order valence-electron chi connectivity index (χ3n) is 3.83. The number of guanidine groups is 1. The number of hydrogen-bond acceptors (Lipinski definition) is 3. The van der Waals surface area contributed by atoms with Crippen molar-refractivity contribution in [2.45, 2.75) is 33.0 Å². The summed E-state index contributed by atoms with van der Waals surface area (Å²) in [5.41, 5.74) is -0.0274. The topological polar surface area (TPSA) is 73.8 Å². The second-order valence-corrected chi connectivity index (χ2v) is 8.26. The van der Waals surface area contributed by atoms with Gasteiger partial charge in [0.15, 0.2) is 5.96 Å². The van der Waals surface area contributed by atoms with Crippen molar-refractivity contribution >= 4 is 16.0 Å². The maximum Gasteiger partial charge on any atom is 0.416 e. The van der Waals surface area contributed by atoms with Crippen molar-refractivity contribution < 1.29 is 21.6 Å². The van der Waals surface area contributed by atoms with Crippen LogP contribution in [0.15, 0.2) is 29.3 Å². The van der Waals surface area contributed by atoms with Crippen molar-refractivity contribution in [3.05, 3.63) is 35.4 Å². The van der Waals surface area contributed by atoms with Gasteiger partial charge in [0.25, 0.3) is 0 Å². The van der Waals surface area contributed by atoms with Crippen LogP contribution in [-0.4, -0.2) is 51.1 Å². The Labute approximate surface area is 158 Å². The molecule has 2 N–H and O–H groups in total. The van der Waals surface area contributed by atoms with Crippen molar-refractivity contribution in [2.75, 3.05) is 32.4 Å². The molecular formula is C17H27F3N4O2S. The summed E-state index contributed by atoms with van der Waals surface area (Å²) >= 11 is 0. The molecule has 0 saturated carbocycles. The van der Waals surface area contributed by atoms with Crippen molar-refractivity contribution in [1.29, 1.82) is 0 Å². The Morgan fingerprint density at radius 1 is 1.15 bits per heavy atom. The van der Waals surface area contributed by atoms with Crippen LogP contribution >= 0.6 is 0 Å². The smallest absolute Gasteiger partial charge is 0.357 e. The van der Waals surface area contributed by atoms with E-state index in [1.165, 1.54) is 16.4 Å². The summed E-state index contributed by atoms with van der Waals surface area (Å²) in [6.45, 7) is 5.27. The highest BCUT2D eigenvalue weighted by Gasteiger charge is 2.29. The van der Waals surface area contributed by atoms with Crippen LogP contribution < -0.4 is 10.6 Å². The fraction of sp³-hybridized carbons (Fsp3) is 0.588. The van der Waals surface area contributed by atoms with Gasteiger partial charge >= 0.3 is 6.18 Å². The minimum Gasteiger partial charge on any atom is -0.357 e. The maximum absolute atomic E-state index is 12.6. The van der Waals surface area contributed by atoms with Crippen LogP contribution in [0, 0.1) is 0 Å². The van der Waals surface area contributed by atoms with Gasteiger partial charge in [-0.1, -0.05) is 12.1 Å². The molecular weight excluding hydrogens is 381 g/mol. The van der Waals surface area contributed by atoms with Crippen LogP contribution in [-0.2, 0) is 22.7 Å². The molecule has 0 atom stereocenters. The van der Waals surface area contributed by atoms with Gasteiger partial charge in [-0.05, 0) is 38.0 Å². The summed E-state index contributed by atoms with van der Waals surface area (Å²) in [6, 6.07) is 4.88. The zero-order valence-electron chi connectivity index (χ0n) is 15.8. The SMILES string of the molecule is CCNC(=NCc1ccc(C(F)(F)F)cc1)NCCCN(C)S(=O)(=O)CC. The highest BCUT2D eigenvalue weighted by atomic mass is 32.2. The first-order valence-corrected chi connectivity index (χ1v) is 10.3. The summed E-state index contributed by atoms with van der Waals surface area (Å²) < 4.78 is 62.4. The van der Waals surface area contributed by atoms with Gasteiger partial charge in [-0.2, -0.15) is 13.2 Å². The van der Waals surface area contributed by atoms with Gasteiger partial charge < -0.3 is 10.6 Å². The number of aliphatic imine (C=N–C) groups is 1. The lowest BCUT2D eigenvalue weighted by Gasteiger charge is -2.16. The lowest BCUT2D eigenvalue weighted by Crippen LogP contribution is -2.39. The molecule has 1 rings (SSSR count). The largest absolute Gasteiger partial charge is 0.416 e. The van der Waals surface area contributed by atoms with Gasteiger partial charge in [0, 0.05) is 26.7 Å². The van der Waals surface area contributed by atoms with E-state index in [9.17, 15) is 21.6 Å². The first-order valence-electron chi connectivity index (χ1n) is 8.72. The van der Waals surface area contributed by atoms with Crippen LogP contribution in [0.4, 0.5) is 13.2 Å². The van der Waals surface area contributed by atoms with Crippen molar-refractivity contribution in [3.63, 3.8) is 0 Å². The van der Waals surface area contributed by atoms with Crippen LogP contribution in [0.2, 0.25) is 0 Å². The molecule has 0 fully saturated rings. The molecule has 0 aliphatic carbocycles. The summed E-state index contributed by atoms with van der Waals surface area (Å²) in [5.74, 6) is 0.590. The number of halogens is 3. The monoisotopic (exact) mass is 408 g/mol. The number of benzene rings is 1. The molecule has 0 aromatic heterocycles. The molecule has 6 nitrogen and oxygen atoms in total. The maximum atomic E-state index is 12.6. The molecule has 0 spiro atoms. The van der Waals surface area contributed by atoms with E-state index in [1.54, 1.807) is 14.0 Å². The van der Waals surface area contributed by atoms with E-state index in [4.69, 9.17) is 0 Å². The Kier molecular flexibility index (Phi) is 9.04. The van der Waals surface area contributed by atoms with E-state index >= 15 is 0 Å². The van der Waals surface area contributed by atoms with Gasteiger partial charge in [0.05, 0.1) is 17.9 Å². The number of nitrogens with one attached hydrogen (secondary N) is 2. The van der Waals surface area contributed by atoms with Crippen LogP contribution in [0.25, 0.3) is 0 Å². The summed E-state index contributed by atoms with van der Waals surface area (Å²) in [6.07, 6.45) is -3.75. The van der Waals surface area contributed by atoms with Gasteiger partial charge in [-0.25, -0.2) is 17.7 Å². The zero-order valence-corrected chi connectivity index (χ0v) is 16.6. The molecule has 0 unspecified atom stereocenters. The molecule has 10 heteroatoms. The fourth-order valence-electron chi connectivity index (χ4n) is 2.18. The molecule has 0 aliphatic rings. The van der Waals surface area contributed by atoms with Crippen molar-refractivity contribution in [2.24, 2.45) is 4.99 Å². The minimum atomic E-state index is -4.35. The molecule has 0 saturated heterocycles. The molecule has 0 heterocycles. The van der Waals surface area contributed by atoms with E-state index in [0.29, 0.717) is 37.6 Å². The predicted octanol–water partition coefficient (Wildman–Crippen LogP) is 2.43. The van der Waals surface area contributed by atoms with Crippen molar-refractivity contribution in [3.8, 4) is 0 Å². The quantitative estimate of drug-likeness (QED) is 0.374. The highest BCUT2D eigenvalue weighted by molar-refractivity contribution is 7.89. The molecule has 0 aliphatic heterocycles. The molecule has 1 aromatic carbocycles. The number of rotatable bonds is 9. The zero-order chi connectivity index (χ0) is 20.5. The lowest BCUT2D eigenvalue weighted by atomic mass is 10.1. The Hall–Kier alpha value is -1.81. The summed E-state index contributed by atoms with van der Waals surface area (Å²) in [5, 5.41) is 6.13. The Balaban J connectivity index is 2.55. The van der Waals surface area contributed by atoms with Crippen molar-refractivity contribution in [1.82, 2.24) is 14.9 Å². The number of alkyl halides is 3. The normalized spacial score (nSPS) is 13.1. The fourth-order valence-corrected chi connectivity index (χ4v) is 3.03. The van der Waals surface area contributed by atoms with E-state index in [0.717, 1.165) is 12.1 Å². The van der Waals surface area contributed by atoms with E-state index < -0.39 is 21.8 Å². The van der Waals surface area contributed by atoms with Gasteiger partial charge in [0.2, 0.25) is 10.0 Å². The van der Waals surface area contributed by atoms with Gasteiger partial charge in [-0.3, -0.25) is 0 Å². The standard InChI is InChI=1S/C17H27F3N4O2S/c1-4-21-16(22-11-6-12-24(3)27(25,26)5-2)23-13-14-7-9-15(10-8-14)17(18,19)20/h7-10H,4-6,11-13H2,1-3H3,(H2,21,22,23). The molecule has 1 aromatic rings. The van der Waals surface area contributed by atoms with Crippen LogP contribution in [0.1, 0.15) is 31.4 Å². The van der Waals surface area contributed by atoms with E-state index in [-0.39, 0.29) is 12.3 Å². The molecule has 27 heavy (non-hydrogen) atoms. The average molecular weight is 408 g/mol. The molecule has 0 bridgehead atoms. The summed E-state index contributed by atoms with van der Waals surface area (Å²) in [4.78, 5) is 4.34. The van der Waals surface area contributed by atoms with E-state index in [1.807, 2.05) is 6.92 Å².